The molecule has 1 aromatic carbocycles. The summed E-state index contributed by atoms with van der Waals surface area (Å²) >= 11 is 5.76. The lowest BCUT2D eigenvalue weighted by Crippen LogP contribution is -2.52. The summed E-state index contributed by atoms with van der Waals surface area (Å²) in [5.74, 6) is -2.32. The molecule has 1 amide bonds. The highest BCUT2D eigenvalue weighted by molar-refractivity contribution is 6.33. The van der Waals surface area contributed by atoms with E-state index in [0.29, 0.717) is 6.42 Å². The average Bonchev–Trinajstić information content (AvgIpc) is 2.28. The van der Waals surface area contributed by atoms with Gasteiger partial charge in [-0.25, -0.2) is 9.18 Å². The Bertz CT molecular complexity index is 507. The molecule has 0 aliphatic heterocycles. The number of amides is 1. The maximum atomic E-state index is 12.9. The fourth-order valence-corrected chi connectivity index (χ4v) is 1.97. The van der Waals surface area contributed by atoms with Gasteiger partial charge in [0, 0.05) is 0 Å². The number of halogens is 2. The predicted molar refractivity (Wildman–Crippen MR) is 69.8 cm³/mol. The van der Waals surface area contributed by atoms with Crippen molar-refractivity contribution in [1.82, 2.24) is 5.32 Å². The van der Waals surface area contributed by atoms with E-state index in [0.717, 1.165) is 12.1 Å². The lowest BCUT2D eigenvalue weighted by molar-refractivity contribution is -0.144. The quantitative estimate of drug-likeness (QED) is 0.875. The fourth-order valence-electron chi connectivity index (χ4n) is 1.71. The topological polar surface area (TPSA) is 66.4 Å². The van der Waals surface area contributed by atoms with Crippen molar-refractivity contribution in [2.75, 3.05) is 0 Å². The molecular weight excluding hydrogens is 273 g/mol. The average molecular weight is 288 g/mol. The van der Waals surface area contributed by atoms with E-state index in [9.17, 15) is 14.0 Å². The summed E-state index contributed by atoms with van der Waals surface area (Å²) in [5, 5.41) is 11.5. The Morgan fingerprint density at radius 2 is 2.11 bits per heavy atom. The first-order chi connectivity index (χ1) is 8.80. The van der Waals surface area contributed by atoms with Gasteiger partial charge in [0.05, 0.1) is 10.6 Å². The highest BCUT2D eigenvalue weighted by Gasteiger charge is 2.34. The molecule has 0 fully saturated rings. The molecule has 0 saturated heterocycles. The number of nitrogens with one attached hydrogen (secondary N) is 1. The van der Waals surface area contributed by atoms with E-state index in [2.05, 4.69) is 5.32 Å². The van der Waals surface area contributed by atoms with Gasteiger partial charge in [-0.2, -0.15) is 0 Å². The number of hydrogen-bond acceptors (Lipinski definition) is 2. The monoisotopic (exact) mass is 287 g/mol. The molecule has 0 saturated carbocycles. The molecule has 0 spiro atoms. The number of hydrogen-bond donors (Lipinski definition) is 2. The Hall–Kier alpha value is -1.62. The summed E-state index contributed by atoms with van der Waals surface area (Å²) in [4.78, 5) is 23.2. The van der Waals surface area contributed by atoms with Crippen molar-refractivity contribution < 1.29 is 19.1 Å². The zero-order valence-corrected chi connectivity index (χ0v) is 11.4. The summed E-state index contributed by atoms with van der Waals surface area (Å²) in [6, 6.07) is 3.33. The van der Waals surface area contributed by atoms with Crippen molar-refractivity contribution in [2.24, 2.45) is 0 Å². The van der Waals surface area contributed by atoms with E-state index in [1.165, 1.54) is 13.0 Å². The van der Waals surface area contributed by atoms with Crippen molar-refractivity contribution in [3.63, 3.8) is 0 Å². The number of carbonyl (C=O) groups excluding carboxylic acids is 1. The molecule has 4 nitrogen and oxygen atoms in total. The van der Waals surface area contributed by atoms with Gasteiger partial charge in [-0.05, 0) is 31.5 Å². The molecule has 0 bridgehead atoms. The maximum absolute atomic E-state index is 12.9. The highest BCUT2D eigenvalue weighted by Crippen LogP contribution is 2.19. The third-order valence-electron chi connectivity index (χ3n) is 2.79. The predicted octanol–water partition coefficient (Wildman–Crippen LogP) is 2.85. The van der Waals surface area contributed by atoms with Crippen LogP contribution >= 0.6 is 11.6 Å². The van der Waals surface area contributed by atoms with Crippen LogP contribution in [-0.2, 0) is 4.79 Å². The minimum atomic E-state index is -1.37. The third kappa shape index (κ3) is 3.67. The van der Waals surface area contributed by atoms with Crippen LogP contribution in [0, 0.1) is 5.82 Å². The van der Waals surface area contributed by atoms with Crippen LogP contribution in [0.15, 0.2) is 18.2 Å². The number of carboxylic acid groups (broad SMARTS) is 1. The van der Waals surface area contributed by atoms with Crippen LogP contribution in [-0.4, -0.2) is 22.5 Å². The second kappa shape index (κ2) is 6.02. The smallest absolute Gasteiger partial charge is 0.329 e. The molecule has 2 N–H and O–H groups in total. The van der Waals surface area contributed by atoms with E-state index in [-0.39, 0.29) is 17.0 Å². The van der Waals surface area contributed by atoms with Crippen molar-refractivity contribution in [3.05, 3.63) is 34.6 Å². The molecule has 6 heteroatoms. The molecule has 0 aliphatic carbocycles. The maximum Gasteiger partial charge on any atom is 0.329 e. The largest absolute Gasteiger partial charge is 0.480 e. The lowest BCUT2D eigenvalue weighted by atomic mass is 9.95. The Balaban J connectivity index is 2.97. The Kier molecular flexibility index (Phi) is 4.89. The second-order valence-corrected chi connectivity index (χ2v) is 4.87. The first kappa shape index (κ1) is 15.4. The molecule has 104 valence electrons. The van der Waals surface area contributed by atoms with Crippen molar-refractivity contribution >= 4 is 23.5 Å². The zero-order valence-electron chi connectivity index (χ0n) is 10.7. The summed E-state index contributed by atoms with van der Waals surface area (Å²) < 4.78 is 12.9. The van der Waals surface area contributed by atoms with Crippen LogP contribution in [0.25, 0.3) is 0 Å². The van der Waals surface area contributed by atoms with Gasteiger partial charge in [-0.3, -0.25) is 4.79 Å². The summed E-state index contributed by atoms with van der Waals surface area (Å²) in [6.45, 7) is 3.24. The van der Waals surface area contributed by atoms with Gasteiger partial charge in [-0.15, -0.1) is 0 Å². The van der Waals surface area contributed by atoms with Crippen molar-refractivity contribution in [3.8, 4) is 0 Å². The van der Waals surface area contributed by atoms with Crippen LogP contribution in [0.3, 0.4) is 0 Å². The van der Waals surface area contributed by atoms with E-state index in [4.69, 9.17) is 16.7 Å². The van der Waals surface area contributed by atoms with Gasteiger partial charge in [-0.1, -0.05) is 24.9 Å². The fraction of sp³-hybridized carbons (Fsp3) is 0.385. The van der Waals surface area contributed by atoms with E-state index in [1.807, 2.05) is 6.92 Å². The Morgan fingerprint density at radius 1 is 1.47 bits per heavy atom. The van der Waals surface area contributed by atoms with Gasteiger partial charge >= 0.3 is 5.97 Å². The minimum Gasteiger partial charge on any atom is -0.480 e. The van der Waals surface area contributed by atoms with E-state index >= 15 is 0 Å². The normalized spacial score (nSPS) is 13.7. The number of carboxylic acids is 1. The molecule has 1 unspecified atom stereocenters. The van der Waals surface area contributed by atoms with Crippen molar-refractivity contribution in [1.29, 1.82) is 0 Å². The SMILES string of the molecule is CCCC(C)(NC(=O)c1ccc(F)cc1Cl)C(=O)O. The standard InChI is InChI=1S/C13H15ClFNO3/c1-3-6-13(2,12(18)19)16-11(17)9-5-4-8(15)7-10(9)14/h4-5,7H,3,6H2,1-2H3,(H,16,17)(H,18,19). The van der Waals surface area contributed by atoms with Gasteiger partial charge in [0.2, 0.25) is 0 Å². The molecule has 1 atom stereocenters. The van der Waals surface area contributed by atoms with Crippen LogP contribution in [0.1, 0.15) is 37.0 Å². The lowest BCUT2D eigenvalue weighted by Gasteiger charge is -2.26. The molecular formula is C13H15ClFNO3. The zero-order chi connectivity index (χ0) is 14.6. The van der Waals surface area contributed by atoms with Crippen LogP contribution in [0.5, 0.6) is 0 Å². The van der Waals surface area contributed by atoms with Crippen LogP contribution in [0.2, 0.25) is 5.02 Å². The van der Waals surface area contributed by atoms with E-state index in [1.54, 1.807) is 0 Å². The van der Waals surface area contributed by atoms with Gasteiger partial charge < -0.3 is 10.4 Å². The summed E-state index contributed by atoms with van der Waals surface area (Å²) in [6.07, 6.45) is 0.882. The highest BCUT2D eigenvalue weighted by atomic mass is 35.5. The molecule has 1 aromatic rings. The molecule has 19 heavy (non-hydrogen) atoms. The van der Waals surface area contributed by atoms with Gasteiger partial charge in [0.15, 0.2) is 0 Å². The van der Waals surface area contributed by atoms with Crippen LogP contribution in [0.4, 0.5) is 4.39 Å². The van der Waals surface area contributed by atoms with Crippen molar-refractivity contribution in [2.45, 2.75) is 32.2 Å². The Morgan fingerprint density at radius 3 is 2.58 bits per heavy atom. The molecule has 0 aliphatic rings. The summed E-state index contributed by atoms with van der Waals surface area (Å²) in [5.41, 5.74) is -1.32. The third-order valence-corrected chi connectivity index (χ3v) is 3.10. The van der Waals surface area contributed by atoms with Crippen LogP contribution < -0.4 is 5.32 Å². The first-order valence-electron chi connectivity index (χ1n) is 5.81. The van der Waals surface area contributed by atoms with E-state index < -0.39 is 23.2 Å². The second-order valence-electron chi connectivity index (χ2n) is 4.47. The van der Waals surface area contributed by atoms with Gasteiger partial charge in [0.1, 0.15) is 11.4 Å². The first-order valence-corrected chi connectivity index (χ1v) is 6.19. The molecule has 0 heterocycles. The minimum absolute atomic E-state index is 0.0478. The number of benzene rings is 1. The number of aliphatic carboxylic acids is 1. The molecule has 1 rings (SSSR count). The number of rotatable bonds is 5. The molecule has 0 radical (unpaired) electrons. The van der Waals surface area contributed by atoms with Gasteiger partial charge in [0.25, 0.3) is 5.91 Å². The Labute approximate surface area is 115 Å². The molecule has 0 aromatic heterocycles. The summed E-state index contributed by atoms with van der Waals surface area (Å²) in [7, 11) is 0. The number of carbonyl (C=O) groups is 2.